The van der Waals surface area contributed by atoms with Crippen LogP contribution in [-0.2, 0) is 16.6 Å². The van der Waals surface area contributed by atoms with Crippen LogP contribution in [0.25, 0.3) is 0 Å². The van der Waals surface area contributed by atoms with E-state index >= 15 is 0 Å². The molecule has 0 fully saturated rings. The maximum atomic E-state index is 14.1. The minimum absolute atomic E-state index is 0.0525. The number of nitrogens with one attached hydrogen (secondary N) is 1. The standard InChI is InChI=1S/C13H19BrFNO3S/c1-3-5-11(4-2)16-20(18,19)12-7-10(14)6-9(8-17)13(12)15/h6-7,11,16-17H,3-5,8H2,1-2H3. The molecule has 0 bridgehead atoms. The summed E-state index contributed by atoms with van der Waals surface area (Å²) >= 11 is 3.12. The van der Waals surface area contributed by atoms with E-state index in [0.717, 1.165) is 6.42 Å². The molecule has 1 aromatic rings. The van der Waals surface area contributed by atoms with E-state index in [9.17, 15) is 12.8 Å². The third kappa shape index (κ3) is 4.25. The van der Waals surface area contributed by atoms with Crippen LogP contribution in [0, 0.1) is 5.82 Å². The van der Waals surface area contributed by atoms with Gasteiger partial charge in [-0.25, -0.2) is 17.5 Å². The highest BCUT2D eigenvalue weighted by Gasteiger charge is 2.24. The summed E-state index contributed by atoms with van der Waals surface area (Å²) in [5, 5.41) is 9.07. The van der Waals surface area contributed by atoms with E-state index in [-0.39, 0.29) is 11.6 Å². The average molecular weight is 368 g/mol. The van der Waals surface area contributed by atoms with E-state index in [2.05, 4.69) is 20.7 Å². The van der Waals surface area contributed by atoms with Crippen LogP contribution in [0.5, 0.6) is 0 Å². The summed E-state index contributed by atoms with van der Waals surface area (Å²) in [7, 11) is -3.95. The number of sulfonamides is 1. The number of hydrogen-bond acceptors (Lipinski definition) is 3. The zero-order valence-corrected chi connectivity index (χ0v) is 13.9. The zero-order valence-electron chi connectivity index (χ0n) is 11.5. The highest BCUT2D eigenvalue weighted by Crippen LogP contribution is 2.24. The molecule has 7 heteroatoms. The van der Waals surface area contributed by atoms with Crippen molar-refractivity contribution in [3.8, 4) is 0 Å². The van der Waals surface area contributed by atoms with Crippen LogP contribution in [0.15, 0.2) is 21.5 Å². The van der Waals surface area contributed by atoms with Crippen LogP contribution >= 0.6 is 15.9 Å². The van der Waals surface area contributed by atoms with Gasteiger partial charge in [-0.3, -0.25) is 0 Å². The van der Waals surface area contributed by atoms with Crippen LogP contribution < -0.4 is 4.72 Å². The molecule has 0 saturated heterocycles. The molecule has 114 valence electrons. The van der Waals surface area contributed by atoms with Gasteiger partial charge in [-0.1, -0.05) is 36.2 Å². The Labute approximate surface area is 127 Å². The third-order valence-electron chi connectivity index (χ3n) is 2.99. The second-order valence-corrected chi connectivity index (χ2v) is 7.15. The fourth-order valence-corrected chi connectivity index (χ4v) is 4.06. The van der Waals surface area contributed by atoms with Crippen LogP contribution in [0.1, 0.15) is 38.7 Å². The molecule has 0 spiro atoms. The first kappa shape index (κ1) is 17.6. The van der Waals surface area contributed by atoms with Crippen molar-refractivity contribution in [1.82, 2.24) is 4.72 Å². The number of rotatable bonds is 7. The number of aliphatic hydroxyl groups excluding tert-OH is 1. The summed E-state index contributed by atoms with van der Waals surface area (Å²) in [6.45, 7) is 3.28. The highest BCUT2D eigenvalue weighted by atomic mass is 79.9. The summed E-state index contributed by atoms with van der Waals surface area (Å²) < 4.78 is 41.5. The molecule has 0 aromatic heterocycles. The molecule has 0 amide bonds. The Hall–Kier alpha value is -0.500. The monoisotopic (exact) mass is 367 g/mol. The van der Waals surface area contributed by atoms with Gasteiger partial charge in [0.15, 0.2) is 0 Å². The number of benzene rings is 1. The molecule has 0 aliphatic heterocycles. The van der Waals surface area contributed by atoms with E-state index in [4.69, 9.17) is 5.11 Å². The van der Waals surface area contributed by atoms with Gasteiger partial charge in [0.05, 0.1) is 6.61 Å². The third-order valence-corrected chi connectivity index (χ3v) is 4.97. The van der Waals surface area contributed by atoms with E-state index in [1.807, 2.05) is 13.8 Å². The molecule has 2 N–H and O–H groups in total. The van der Waals surface area contributed by atoms with Gasteiger partial charge in [-0.05, 0) is 25.0 Å². The van der Waals surface area contributed by atoms with Crippen LogP contribution in [0.3, 0.4) is 0 Å². The molecule has 1 atom stereocenters. The minimum Gasteiger partial charge on any atom is -0.392 e. The van der Waals surface area contributed by atoms with Crippen molar-refractivity contribution in [2.75, 3.05) is 0 Å². The van der Waals surface area contributed by atoms with Gasteiger partial charge >= 0.3 is 0 Å². The Kier molecular flexibility index (Phi) is 6.57. The van der Waals surface area contributed by atoms with Gasteiger partial charge in [0.2, 0.25) is 10.0 Å². The van der Waals surface area contributed by atoms with Crippen molar-refractivity contribution >= 4 is 26.0 Å². The lowest BCUT2D eigenvalue weighted by molar-refractivity contribution is 0.274. The van der Waals surface area contributed by atoms with E-state index in [0.29, 0.717) is 17.3 Å². The maximum absolute atomic E-state index is 14.1. The summed E-state index contributed by atoms with van der Waals surface area (Å²) in [6, 6.07) is 2.34. The molecule has 0 aliphatic carbocycles. The van der Waals surface area contributed by atoms with Gasteiger partial charge in [-0.2, -0.15) is 0 Å². The van der Waals surface area contributed by atoms with E-state index in [1.165, 1.54) is 12.1 Å². The Balaban J connectivity index is 3.18. The number of aliphatic hydroxyl groups is 1. The van der Waals surface area contributed by atoms with Crippen molar-refractivity contribution in [1.29, 1.82) is 0 Å². The summed E-state index contributed by atoms with van der Waals surface area (Å²) in [6.07, 6.45) is 2.16. The summed E-state index contributed by atoms with van der Waals surface area (Å²) in [5.74, 6) is -0.908. The highest BCUT2D eigenvalue weighted by molar-refractivity contribution is 9.10. The minimum atomic E-state index is -3.95. The van der Waals surface area contributed by atoms with Gasteiger partial charge in [-0.15, -0.1) is 0 Å². The second-order valence-electron chi connectivity index (χ2n) is 4.55. The lowest BCUT2D eigenvalue weighted by atomic mass is 10.1. The fraction of sp³-hybridized carbons (Fsp3) is 0.538. The first-order valence-corrected chi connectivity index (χ1v) is 8.74. The lowest BCUT2D eigenvalue weighted by Gasteiger charge is -2.17. The molecular weight excluding hydrogens is 349 g/mol. The van der Waals surface area contributed by atoms with Crippen molar-refractivity contribution in [2.45, 2.75) is 50.7 Å². The van der Waals surface area contributed by atoms with Gasteiger partial charge in [0.25, 0.3) is 0 Å². The topological polar surface area (TPSA) is 66.4 Å². The average Bonchev–Trinajstić information content (AvgIpc) is 2.40. The quantitative estimate of drug-likeness (QED) is 0.778. The summed E-state index contributed by atoms with van der Waals surface area (Å²) in [5.41, 5.74) is -0.0525. The van der Waals surface area contributed by atoms with Crippen LogP contribution in [-0.4, -0.2) is 19.6 Å². The molecule has 1 unspecified atom stereocenters. The molecule has 0 radical (unpaired) electrons. The molecule has 0 heterocycles. The molecule has 0 saturated carbocycles. The largest absolute Gasteiger partial charge is 0.392 e. The Morgan fingerprint density at radius 1 is 1.40 bits per heavy atom. The summed E-state index contributed by atoms with van der Waals surface area (Å²) in [4.78, 5) is -0.439. The van der Waals surface area contributed by atoms with Gasteiger partial charge in [0.1, 0.15) is 10.7 Å². The number of halogens is 2. The maximum Gasteiger partial charge on any atom is 0.243 e. The predicted octanol–water partition coefficient (Wildman–Crippen LogP) is 2.94. The number of hydrogen-bond donors (Lipinski definition) is 2. The van der Waals surface area contributed by atoms with Crippen LogP contribution in [0.2, 0.25) is 0 Å². The molecule has 1 aromatic carbocycles. The lowest BCUT2D eigenvalue weighted by Crippen LogP contribution is -2.34. The normalized spacial score (nSPS) is 13.4. The smallest absolute Gasteiger partial charge is 0.243 e. The van der Waals surface area contributed by atoms with Gasteiger partial charge < -0.3 is 5.11 Å². The first-order chi connectivity index (χ1) is 9.35. The van der Waals surface area contributed by atoms with Crippen molar-refractivity contribution in [2.24, 2.45) is 0 Å². The molecule has 4 nitrogen and oxygen atoms in total. The molecule has 0 aliphatic rings. The SMILES string of the molecule is CCCC(CC)NS(=O)(=O)c1cc(Br)cc(CO)c1F. The fourth-order valence-electron chi connectivity index (χ4n) is 1.91. The van der Waals surface area contributed by atoms with Gasteiger partial charge in [0, 0.05) is 16.1 Å². The van der Waals surface area contributed by atoms with E-state index in [1.54, 1.807) is 0 Å². The van der Waals surface area contributed by atoms with Crippen LogP contribution in [0.4, 0.5) is 4.39 Å². The molecule has 1 rings (SSSR count). The Bertz CT molecular complexity index is 563. The van der Waals surface area contributed by atoms with Crippen molar-refractivity contribution in [3.05, 3.63) is 28.0 Å². The van der Waals surface area contributed by atoms with E-state index < -0.39 is 27.3 Å². The Morgan fingerprint density at radius 3 is 2.55 bits per heavy atom. The van der Waals surface area contributed by atoms with Crippen molar-refractivity contribution < 1.29 is 17.9 Å². The van der Waals surface area contributed by atoms with Crippen molar-refractivity contribution in [3.63, 3.8) is 0 Å². The first-order valence-electron chi connectivity index (χ1n) is 6.46. The molecule has 20 heavy (non-hydrogen) atoms. The predicted molar refractivity (Wildman–Crippen MR) is 79.3 cm³/mol. The molecular formula is C13H19BrFNO3S. The second kappa shape index (κ2) is 7.49. The zero-order chi connectivity index (χ0) is 15.3. The Morgan fingerprint density at radius 2 is 2.05 bits per heavy atom.